The van der Waals surface area contributed by atoms with Gasteiger partial charge in [0.1, 0.15) is 6.04 Å². The third kappa shape index (κ3) is 4.32. The maximum absolute atomic E-state index is 12.5. The van der Waals surface area contributed by atoms with Crippen LogP contribution in [0.2, 0.25) is 0 Å². The number of sulfonamides is 1. The van der Waals surface area contributed by atoms with Crippen molar-refractivity contribution in [3.8, 4) is 0 Å². The average molecular weight is 346 g/mol. The summed E-state index contributed by atoms with van der Waals surface area (Å²) >= 11 is 0. The van der Waals surface area contributed by atoms with Gasteiger partial charge in [-0.15, -0.1) is 0 Å². The van der Waals surface area contributed by atoms with Crippen LogP contribution in [0.5, 0.6) is 0 Å². The quantitative estimate of drug-likeness (QED) is 0.738. The number of carbonyl (C=O) groups is 1. The maximum Gasteiger partial charge on any atom is 0.418 e. The first-order valence-corrected chi connectivity index (χ1v) is 8.59. The van der Waals surface area contributed by atoms with Crippen LogP contribution in [0.15, 0.2) is 0 Å². The molecule has 0 aromatic carbocycles. The van der Waals surface area contributed by atoms with Crippen LogP contribution in [0, 0.1) is 0 Å². The third-order valence-electron chi connectivity index (χ3n) is 3.54. The molecule has 0 aromatic heterocycles. The monoisotopic (exact) mass is 346 g/mol. The summed E-state index contributed by atoms with van der Waals surface area (Å²) in [6.45, 7) is 1.39. The van der Waals surface area contributed by atoms with Crippen LogP contribution in [0.3, 0.4) is 0 Å². The normalized spacial score (nSPS) is 23.3. The van der Waals surface area contributed by atoms with E-state index in [2.05, 4.69) is 0 Å². The van der Waals surface area contributed by atoms with Crippen LogP contribution in [-0.2, 0) is 14.8 Å². The zero-order valence-electron chi connectivity index (χ0n) is 12.5. The summed E-state index contributed by atoms with van der Waals surface area (Å²) in [7, 11) is -3.60. The van der Waals surface area contributed by atoms with Gasteiger partial charge in [0, 0.05) is 6.54 Å². The van der Waals surface area contributed by atoms with Crippen LogP contribution < -0.4 is 5.32 Å². The van der Waals surface area contributed by atoms with Gasteiger partial charge in [-0.25, -0.2) is 8.42 Å². The van der Waals surface area contributed by atoms with Gasteiger partial charge in [-0.2, -0.15) is 17.5 Å². The van der Waals surface area contributed by atoms with E-state index in [-0.39, 0.29) is 18.7 Å². The lowest BCUT2D eigenvalue weighted by Crippen LogP contribution is -2.54. The Labute approximate surface area is 127 Å². The zero-order valence-corrected chi connectivity index (χ0v) is 13.3. The molecule has 1 fully saturated rings. The number of aliphatic hydroxyl groups is 1. The number of hydrogen-bond acceptors (Lipinski definition) is 4. The molecule has 1 aliphatic heterocycles. The van der Waals surface area contributed by atoms with E-state index in [1.165, 1.54) is 0 Å². The molecule has 0 spiro atoms. The Morgan fingerprint density at radius 1 is 1.41 bits per heavy atom. The van der Waals surface area contributed by atoms with E-state index in [4.69, 9.17) is 0 Å². The Bertz CT molecular complexity index is 505. The first-order valence-electron chi connectivity index (χ1n) is 6.98. The number of amides is 1. The minimum Gasteiger partial charge on any atom is -0.379 e. The van der Waals surface area contributed by atoms with Gasteiger partial charge in [0.2, 0.25) is 15.9 Å². The van der Waals surface area contributed by atoms with E-state index < -0.39 is 40.3 Å². The predicted molar refractivity (Wildman–Crippen MR) is 73.5 cm³/mol. The summed E-state index contributed by atoms with van der Waals surface area (Å²) in [5.41, 5.74) is -3.06. The van der Waals surface area contributed by atoms with Crippen LogP contribution in [-0.4, -0.2) is 60.4 Å². The maximum atomic E-state index is 12.5. The van der Waals surface area contributed by atoms with Crippen LogP contribution in [0.25, 0.3) is 0 Å². The highest BCUT2D eigenvalue weighted by molar-refractivity contribution is 7.89. The number of rotatable bonds is 6. The Kier molecular flexibility index (Phi) is 5.85. The molecule has 6 nitrogen and oxygen atoms in total. The van der Waals surface area contributed by atoms with Crippen LogP contribution in [0.1, 0.15) is 33.1 Å². The van der Waals surface area contributed by atoms with E-state index in [1.54, 1.807) is 6.92 Å². The Morgan fingerprint density at radius 2 is 2.00 bits per heavy atom. The van der Waals surface area contributed by atoms with Gasteiger partial charge in [-0.05, 0) is 26.2 Å². The third-order valence-corrected chi connectivity index (χ3v) is 5.62. The fourth-order valence-corrected chi connectivity index (χ4v) is 3.93. The molecule has 0 saturated carbocycles. The first-order chi connectivity index (χ1) is 9.92. The molecule has 0 aliphatic carbocycles. The highest BCUT2D eigenvalue weighted by atomic mass is 32.2. The highest BCUT2D eigenvalue weighted by Crippen LogP contribution is 2.29. The Hall–Kier alpha value is -0.870. The van der Waals surface area contributed by atoms with Crippen molar-refractivity contribution in [3.05, 3.63) is 0 Å². The molecule has 0 bridgehead atoms. The minimum atomic E-state index is -4.88. The lowest BCUT2D eigenvalue weighted by Gasteiger charge is -2.28. The highest BCUT2D eigenvalue weighted by Gasteiger charge is 2.50. The second kappa shape index (κ2) is 6.71. The number of carbonyl (C=O) groups excluding carboxylic acids is 1. The minimum absolute atomic E-state index is 0.114. The molecule has 1 saturated heterocycles. The molecule has 1 heterocycles. The smallest absolute Gasteiger partial charge is 0.379 e. The summed E-state index contributed by atoms with van der Waals surface area (Å²) in [4.78, 5) is 12.0. The van der Waals surface area contributed by atoms with Crippen molar-refractivity contribution in [3.63, 3.8) is 0 Å². The Morgan fingerprint density at radius 3 is 2.50 bits per heavy atom. The summed E-state index contributed by atoms with van der Waals surface area (Å²) in [6, 6.07) is -1.01. The standard InChI is InChI=1S/C12H21F3N2O4S/c1-3-7-22(20,21)17-6-4-5-9(17)10(18)16-8-11(2,19)12(13,14)15/h9,19H,3-8H2,1-2H3,(H,16,18). The van der Waals surface area contributed by atoms with E-state index >= 15 is 0 Å². The van der Waals surface area contributed by atoms with E-state index in [9.17, 15) is 31.5 Å². The SMILES string of the molecule is CCCS(=O)(=O)N1CCCC1C(=O)NCC(C)(O)C(F)(F)F. The van der Waals surface area contributed by atoms with Crippen molar-refractivity contribution in [2.24, 2.45) is 0 Å². The van der Waals surface area contributed by atoms with Gasteiger partial charge in [-0.3, -0.25) is 4.79 Å². The van der Waals surface area contributed by atoms with Gasteiger partial charge in [0.15, 0.2) is 5.60 Å². The molecule has 2 N–H and O–H groups in total. The lowest BCUT2D eigenvalue weighted by molar-refractivity contribution is -0.250. The second-order valence-corrected chi connectivity index (χ2v) is 7.62. The summed E-state index contributed by atoms with van der Waals surface area (Å²) in [5, 5.41) is 11.3. The molecule has 2 unspecified atom stereocenters. The number of halogens is 3. The lowest BCUT2D eigenvalue weighted by atomic mass is 10.1. The van der Waals surface area contributed by atoms with Gasteiger partial charge >= 0.3 is 6.18 Å². The van der Waals surface area contributed by atoms with Gasteiger partial charge in [0.05, 0.1) is 12.3 Å². The summed E-state index contributed by atoms with van der Waals surface area (Å²) in [5.74, 6) is -0.932. The van der Waals surface area contributed by atoms with Gasteiger partial charge < -0.3 is 10.4 Å². The zero-order chi connectivity index (χ0) is 17.2. The molecule has 130 valence electrons. The van der Waals surface area contributed by atoms with E-state index in [0.717, 1.165) is 4.31 Å². The molecule has 0 aromatic rings. The summed E-state index contributed by atoms with van der Waals surface area (Å²) in [6.07, 6.45) is -3.78. The second-order valence-electron chi connectivity index (χ2n) is 5.57. The van der Waals surface area contributed by atoms with Gasteiger partial charge in [0.25, 0.3) is 0 Å². The van der Waals surface area contributed by atoms with Crippen molar-refractivity contribution in [1.29, 1.82) is 0 Å². The predicted octanol–water partition coefficient (Wildman–Crippen LogP) is 0.620. The average Bonchev–Trinajstić information content (AvgIpc) is 2.84. The molecule has 10 heteroatoms. The van der Waals surface area contributed by atoms with Crippen LogP contribution in [0.4, 0.5) is 13.2 Å². The molecule has 2 atom stereocenters. The molecule has 1 amide bonds. The van der Waals surface area contributed by atoms with Crippen molar-refractivity contribution < 1.29 is 31.5 Å². The molecular formula is C12H21F3N2O4S. The van der Waals surface area contributed by atoms with E-state index in [1.807, 2.05) is 5.32 Å². The number of hydrogen-bond donors (Lipinski definition) is 2. The summed E-state index contributed by atoms with van der Waals surface area (Å²) < 4.78 is 62.6. The van der Waals surface area contributed by atoms with Crippen molar-refractivity contribution in [2.75, 3.05) is 18.8 Å². The van der Waals surface area contributed by atoms with Crippen LogP contribution >= 0.6 is 0 Å². The number of nitrogens with zero attached hydrogens (tertiary/aromatic N) is 1. The van der Waals surface area contributed by atoms with Crippen molar-refractivity contribution in [2.45, 2.75) is 50.9 Å². The molecule has 0 radical (unpaired) electrons. The first kappa shape index (κ1) is 19.2. The van der Waals surface area contributed by atoms with Gasteiger partial charge in [-0.1, -0.05) is 6.92 Å². The molecule has 1 aliphatic rings. The largest absolute Gasteiger partial charge is 0.418 e. The molecule has 1 rings (SSSR count). The fraction of sp³-hybridized carbons (Fsp3) is 0.917. The van der Waals surface area contributed by atoms with Crippen molar-refractivity contribution >= 4 is 15.9 Å². The fourth-order valence-electron chi connectivity index (χ4n) is 2.19. The number of nitrogens with one attached hydrogen (secondary N) is 1. The van der Waals surface area contributed by atoms with E-state index in [0.29, 0.717) is 19.8 Å². The Balaban J connectivity index is 2.73. The molecule has 22 heavy (non-hydrogen) atoms. The topological polar surface area (TPSA) is 86.7 Å². The molecular weight excluding hydrogens is 325 g/mol. The van der Waals surface area contributed by atoms with Crippen molar-refractivity contribution in [1.82, 2.24) is 9.62 Å². The number of alkyl halides is 3.